The maximum atomic E-state index is 11.8. The van der Waals surface area contributed by atoms with Crippen molar-refractivity contribution in [1.29, 1.82) is 0 Å². The van der Waals surface area contributed by atoms with Crippen molar-refractivity contribution in [3.8, 4) is 11.5 Å². The highest BCUT2D eigenvalue weighted by atomic mass is 35.5. The quantitative estimate of drug-likeness (QED) is 0.801. The Morgan fingerprint density at radius 1 is 1.38 bits per heavy atom. The lowest BCUT2D eigenvalue weighted by molar-refractivity contribution is 0.0990. The Hall–Kier alpha value is -1.26. The molecule has 5 heteroatoms. The SMILES string of the molecule is CNCC(=O)c1c(Cl)ccc(OC)c1OC. The average Bonchev–Trinajstić information content (AvgIpc) is 2.28. The molecule has 0 spiro atoms. The summed E-state index contributed by atoms with van der Waals surface area (Å²) >= 11 is 5.98. The van der Waals surface area contributed by atoms with Gasteiger partial charge in [-0.15, -0.1) is 0 Å². The van der Waals surface area contributed by atoms with Gasteiger partial charge in [0.2, 0.25) is 0 Å². The highest BCUT2D eigenvalue weighted by molar-refractivity contribution is 6.34. The maximum absolute atomic E-state index is 11.8. The van der Waals surface area contributed by atoms with E-state index in [4.69, 9.17) is 21.1 Å². The lowest BCUT2D eigenvalue weighted by atomic mass is 10.1. The fourth-order valence-corrected chi connectivity index (χ4v) is 1.67. The number of Topliss-reactive ketones (excluding diaryl/α,β-unsaturated/α-hetero) is 1. The number of ether oxygens (including phenoxy) is 2. The summed E-state index contributed by atoms with van der Waals surface area (Å²) in [5.74, 6) is 0.727. The van der Waals surface area contributed by atoms with Crippen molar-refractivity contribution in [3.63, 3.8) is 0 Å². The molecular weight excluding hydrogens is 230 g/mol. The summed E-state index contributed by atoms with van der Waals surface area (Å²) in [5.41, 5.74) is 0.345. The molecule has 1 aromatic rings. The third-order valence-electron chi connectivity index (χ3n) is 2.11. The van der Waals surface area contributed by atoms with Crippen LogP contribution in [0.3, 0.4) is 0 Å². The number of carbonyl (C=O) groups excluding carboxylic acids is 1. The molecule has 0 aromatic heterocycles. The fraction of sp³-hybridized carbons (Fsp3) is 0.364. The van der Waals surface area contributed by atoms with E-state index in [9.17, 15) is 4.79 Å². The van der Waals surface area contributed by atoms with E-state index in [1.165, 1.54) is 14.2 Å². The molecule has 0 saturated heterocycles. The van der Waals surface area contributed by atoms with Gasteiger partial charge in [0.1, 0.15) is 0 Å². The molecular formula is C11H14ClNO3. The smallest absolute Gasteiger partial charge is 0.181 e. The summed E-state index contributed by atoms with van der Waals surface area (Å²) in [4.78, 5) is 11.8. The fourth-order valence-electron chi connectivity index (χ4n) is 1.41. The molecule has 0 radical (unpaired) electrons. The van der Waals surface area contributed by atoms with Crippen LogP contribution in [-0.4, -0.2) is 33.6 Å². The van der Waals surface area contributed by atoms with Gasteiger partial charge in [0.25, 0.3) is 0 Å². The number of halogens is 1. The van der Waals surface area contributed by atoms with Crippen LogP contribution >= 0.6 is 11.6 Å². The molecule has 0 heterocycles. The molecule has 0 atom stereocenters. The topological polar surface area (TPSA) is 47.6 Å². The number of hydrogen-bond donors (Lipinski definition) is 1. The number of hydrogen-bond acceptors (Lipinski definition) is 4. The van der Waals surface area contributed by atoms with E-state index in [0.717, 1.165) is 0 Å². The van der Waals surface area contributed by atoms with E-state index < -0.39 is 0 Å². The van der Waals surface area contributed by atoms with Crippen LogP contribution in [-0.2, 0) is 0 Å². The van der Waals surface area contributed by atoms with Gasteiger partial charge >= 0.3 is 0 Å². The molecule has 1 N–H and O–H groups in total. The van der Waals surface area contributed by atoms with Crippen LogP contribution < -0.4 is 14.8 Å². The largest absolute Gasteiger partial charge is 0.493 e. The number of nitrogens with one attached hydrogen (secondary N) is 1. The Labute approximate surface area is 99.5 Å². The second kappa shape index (κ2) is 5.72. The summed E-state index contributed by atoms with van der Waals surface area (Å²) in [5, 5.41) is 3.14. The van der Waals surface area contributed by atoms with Crippen LogP contribution in [0.1, 0.15) is 10.4 Å². The summed E-state index contributed by atoms with van der Waals surface area (Å²) in [6, 6.07) is 3.28. The molecule has 0 fully saturated rings. The van der Waals surface area contributed by atoms with Crippen molar-refractivity contribution in [2.75, 3.05) is 27.8 Å². The highest BCUT2D eigenvalue weighted by Crippen LogP contribution is 2.35. The van der Waals surface area contributed by atoms with Crippen molar-refractivity contribution in [2.24, 2.45) is 0 Å². The summed E-state index contributed by atoms with van der Waals surface area (Å²) < 4.78 is 10.3. The van der Waals surface area contributed by atoms with E-state index in [0.29, 0.717) is 22.1 Å². The molecule has 88 valence electrons. The molecule has 0 amide bonds. The predicted octanol–water partition coefficient (Wildman–Crippen LogP) is 1.76. The zero-order valence-electron chi connectivity index (χ0n) is 9.46. The van der Waals surface area contributed by atoms with Gasteiger partial charge in [-0.2, -0.15) is 0 Å². The van der Waals surface area contributed by atoms with Crippen LogP contribution in [0.5, 0.6) is 11.5 Å². The van der Waals surface area contributed by atoms with E-state index in [2.05, 4.69) is 5.32 Å². The lowest BCUT2D eigenvalue weighted by Crippen LogP contribution is -2.19. The van der Waals surface area contributed by atoms with Gasteiger partial charge in [0.05, 0.1) is 31.4 Å². The van der Waals surface area contributed by atoms with E-state index in [-0.39, 0.29) is 12.3 Å². The first-order valence-electron chi connectivity index (χ1n) is 4.74. The van der Waals surface area contributed by atoms with Crippen molar-refractivity contribution < 1.29 is 14.3 Å². The van der Waals surface area contributed by atoms with Gasteiger partial charge < -0.3 is 14.8 Å². The third kappa shape index (κ3) is 2.46. The first-order chi connectivity index (χ1) is 7.65. The average molecular weight is 244 g/mol. The van der Waals surface area contributed by atoms with Gasteiger partial charge in [-0.25, -0.2) is 0 Å². The van der Waals surface area contributed by atoms with Crippen molar-refractivity contribution in [3.05, 3.63) is 22.7 Å². The molecule has 4 nitrogen and oxygen atoms in total. The van der Waals surface area contributed by atoms with Crippen LogP contribution in [0.25, 0.3) is 0 Å². The summed E-state index contributed by atoms with van der Waals surface area (Å²) in [7, 11) is 4.68. The third-order valence-corrected chi connectivity index (χ3v) is 2.43. The standard InChI is InChI=1S/C11H14ClNO3/c1-13-6-8(14)10-7(12)4-5-9(15-2)11(10)16-3/h4-5,13H,6H2,1-3H3. The molecule has 0 aliphatic carbocycles. The molecule has 0 unspecified atom stereocenters. The second-order valence-corrected chi connectivity index (χ2v) is 3.52. The van der Waals surface area contributed by atoms with Gasteiger partial charge in [0, 0.05) is 0 Å². The minimum atomic E-state index is -0.136. The Morgan fingerprint density at radius 3 is 2.56 bits per heavy atom. The van der Waals surface area contributed by atoms with Gasteiger partial charge in [-0.1, -0.05) is 11.6 Å². The van der Waals surface area contributed by atoms with Crippen molar-refractivity contribution >= 4 is 17.4 Å². The first-order valence-corrected chi connectivity index (χ1v) is 5.11. The number of carbonyl (C=O) groups is 1. The minimum Gasteiger partial charge on any atom is -0.493 e. The summed E-state index contributed by atoms with van der Waals surface area (Å²) in [6.45, 7) is 0.198. The van der Waals surface area contributed by atoms with Crippen LogP contribution in [0, 0.1) is 0 Å². The van der Waals surface area contributed by atoms with Crippen LogP contribution in [0.15, 0.2) is 12.1 Å². The Bertz CT molecular complexity index is 393. The molecule has 0 aliphatic heterocycles. The van der Waals surface area contributed by atoms with E-state index in [1.54, 1.807) is 19.2 Å². The Balaban J connectivity index is 3.28. The number of methoxy groups -OCH3 is 2. The molecule has 0 saturated carbocycles. The zero-order chi connectivity index (χ0) is 12.1. The van der Waals surface area contributed by atoms with Gasteiger partial charge in [-0.05, 0) is 19.2 Å². The predicted molar refractivity (Wildman–Crippen MR) is 62.8 cm³/mol. The Kier molecular flexibility index (Phi) is 4.58. The number of ketones is 1. The summed E-state index contributed by atoms with van der Waals surface area (Å²) in [6.07, 6.45) is 0. The minimum absolute atomic E-state index is 0.136. The highest BCUT2D eigenvalue weighted by Gasteiger charge is 2.19. The Morgan fingerprint density at radius 2 is 2.06 bits per heavy atom. The molecule has 1 rings (SSSR count). The van der Waals surface area contributed by atoms with Crippen molar-refractivity contribution in [2.45, 2.75) is 0 Å². The second-order valence-electron chi connectivity index (χ2n) is 3.11. The first kappa shape index (κ1) is 12.8. The van der Waals surface area contributed by atoms with Gasteiger partial charge in [-0.3, -0.25) is 4.79 Å². The maximum Gasteiger partial charge on any atom is 0.181 e. The van der Waals surface area contributed by atoms with E-state index in [1.807, 2.05) is 0 Å². The number of likely N-dealkylation sites (N-methyl/N-ethyl adjacent to an activating group) is 1. The number of rotatable bonds is 5. The number of benzene rings is 1. The normalized spacial score (nSPS) is 10.0. The van der Waals surface area contributed by atoms with Crippen molar-refractivity contribution in [1.82, 2.24) is 5.32 Å². The van der Waals surface area contributed by atoms with E-state index >= 15 is 0 Å². The van der Waals surface area contributed by atoms with Crippen LogP contribution in [0.4, 0.5) is 0 Å². The zero-order valence-corrected chi connectivity index (χ0v) is 10.2. The molecule has 0 bridgehead atoms. The molecule has 1 aromatic carbocycles. The molecule has 0 aliphatic rings. The molecule has 16 heavy (non-hydrogen) atoms. The monoisotopic (exact) mass is 243 g/mol. The van der Waals surface area contributed by atoms with Gasteiger partial charge in [0.15, 0.2) is 17.3 Å². The van der Waals surface area contributed by atoms with Crippen LogP contribution in [0.2, 0.25) is 5.02 Å². The lowest BCUT2D eigenvalue weighted by Gasteiger charge is -2.13.